The molecule has 90 valence electrons. The minimum atomic E-state index is -3.60. The molecule has 1 N–H and O–H groups in total. The Hall–Kier alpha value is -0.350. The van der Waals surface area contributed by atoms with E-state index in [1.807, 2.05) is 13.8 Å². The first-order valence-corrected chi connectivity index (χ1v) is 6.56. The molecule has 0 fully saturated rings. The fourth-order valence-electron chi connectivity index (χ4n) is 1.07. The minimum absolute atomic E-state index is 0.206. The smallest absolute Gasteiger partial charge is 0.405 e. The van der Waals surface area contributed by atoms with E-state index < -0.39 is 7.75 Å². The van der Waals surface area contributed by atoms with E-state index in [1.165, 1.54) is 10.9 Å². The molecule has 1 atom stereocenters. The van der Waals surface area contributed by atoms with Crippen molar-refractivity contribution in [2.75, 3.05) is 26.3 Å². The van der Waals surface area contributed by atoms with Crippen LogP contribution in [0, 0.1) is 0 Å². The molecule has 0 aliphatic rings. The summed E-state index contributed by atoms with van der Waals surface area (Å²) in [7, 11) is -3.60. The van der Waals surface area contributed by atoms with Crippen LogP contribution in [-0.4, -0.2) is 35.9 Å². The van der Waals surface area contributed by atoms with Gasteiger partial charge in [-0.25, -0.2) is 9.24 Å². The maximum atomic E-state index is 11.6. The van der Waals surface area contributed by atoms with Crippen molar-refractivity contribution >= 4 is 7.75 Å². The third-order valence-electron chi connectivity index (χ3n) is 1.87. The Balaban J connectivity index is 3.82. The van der Waals surface area contributed by atoms with Crippen LogP contribution in [0.3, 0.4) is 0 Å². The molecule has 0 rings (SSSR count). The number of hydrogen-bond acceptors (Lipinski definition) is 3. The third-order valence-corrected chi connectivity index (χ3v) is 3.67. The van der Waals surface area contributed by atoms with E-state index in [0.29, 0.717) is 26.1 Å². The SMILES string of the molecule is C=COCCCOP(=O)(O)N(CC)CC. The van der Waals surface area contributed by atoms with Gasteiger partial charge in [0.05, 0.1) is 19.5 Å². The quantitative estimate of drug-likeness (QED) is 0.377. The van der Waals surface area contributed by atoms with Gasteiger partial charge in [-0.3, -0.25) is 4.52 Å². The minimum Gasteiger partial charge on any atom is -0.502 e. The van der Waals surface area contributed by atoms with Crippen LogP contribution in [0.4, 0.5) is 0 Å². The van der Waals surface area contributed by atoms with Crippen molar-refractivity contribution in [1.29, 1.82) is 0 Å². The van der Waals surface area contributed by atoms with Crippen LogP contribution in [0.1, 0.15) is 20.3 Å². The Morgan fingerprint density at radius 2 is 2.00 bits per heavy atom. The predicted octanol–water partition coefficient (Wildman–Crippen LogP) is 2.00. The Morgan fingerprint density at radius 1 is 1.40 bits per heavy atom. The first kappa shape index (κ1) is 14.6. The van der Waals surface area contributed by atoms with Gasteiger partial charge in [0.25, 0.3) is 0 Å². The highest BCUT2D eigenvalue weighted by atomic mass is 31.2. The highest BCUT2D eigenvalue weighted by Gasteiger charge is 2.26. The summed E-state index contributed by atoms with van der Waals surface area (Å²) in [6.07, 6.45) is 1.90. The summed E-state index contributed by atoms with van der Waals surface area (Å²) in [4.78, 5) is 9.53. The van der Waals surface area contributed by atoms with Gasteiger partial charge in [-0.1, -0.05) is 20.4 Å². The van der Waals surface area contributed by atoms with Crippen LogP contribution in [0.2, 0.25) is 0 Å². The van der Waals surface area contributed by atoms with Gasteiger partial charge in [-0.15, -0.1) is 0 Å². The van der Waals surface area contributed by atoms with Crippen molar-refractivity contribution in [3.63, 3.8) is 0 Å². The van der Waals surface area contributed by atoms with E-state index in [4.69, 9.17) is 9.26 Å². The topological polar surface area (TPSA) is 59.0 Å². The summed E-state index contributed by atoms with van der Waals surface area (Å²) in [5.41, 5.74) is 0. The van der Waals surface area contributed by atoms with Crippen LogP contribution >= 0.6 is 7.75 Å². The van der Waals surface area contributed by atoms with E-state index >= 15 is 0 Å². The average molecular weight is 237 g/mol. The molecule has 6 heteroatoms. The van der Waals surface area contributed by atoms with E-state index in [1.54, 1.807) is 0 Å². The normalized spacial score (nSPS) is 14.9. The second-order valence-corrected chi connectivity index (χ2v) is 4.66. The fourth-order valence-corrected chi connectivity index (χ4v) is 2.32. The van der Waals surface area contributed by atoms with E-state index in [0.717, 1.165) is 0 Å². The Kier molecular flexibility index (Phi) is 7.70. The molecule has 0 aromatic carbocycles. The van der Waals surface area contributed by atoms with Crippen molar-refractivity contribution < 1.29 is 18.7 Å². The molecule has 0 amide bonds. The second kappa shape index (κ2) is 7.88. The van der Waals surface area contributed by atoms with Gasteiger partial charge in [0.2, 0.25) is 0 Å². The second-order valence-electron chi connectivity index (χ2n) is 2.85. The first-order chi connectivity index (χ1) is 7.08. The summed E-state index contributed by atoms with van der Waals surface area (Å²) in [6, 6.07) is 0. The highest BCUT2D eigenvalue weighted by molar-refractivity contribution is 7.50. The molecule has 0 aromatic heterocycles. The molecule has 0 saturated carbocycles. The van der Waals surface area contributed by atoms with Gasteiger partial charge >= 0.3 is 7.75 Å². The molecule has 0 bridgehead atoms. The molecule has 1 unspecified atom stereocenters. The van der Waals surface area contributed by atoms with Crippen molar-refractivity contribution in [3.8, 4) is 0 Å². The van der Waals surface area contributed by atoms with Gasteiger partial charge in [0.15, 0.2) is 0 Å². The molecule has 5 nitrogen and oxygen atoms in total. The molecular weight excluding hydrogens is 217 g/mol. The molecule has 0 heterocycles. The van der Waals surface area contributed by atoms with Gasteiger partial charge in [-0.2, -0.15) is 0 Å². The number of ether oxygens (including phenoxy) is 1. The fraction of sp³-hybridized carbons (Fsp3) is 0.778. The maximum Gasteiger partial charge on any atom is 0.405 e. The van der Waals surface area contributed by atoms with Crippen LogP contribution in [-0.2, 0) is 13.8 Å². The molecule has 0 saturated heterocycles. The first-order valence-electron chi connectivity index (χ1n) is 5.03. The van der Waals surface area contributed by atoms with Crippen LogP contribution in [0.25, 0.3) is 0 Å². The largest absolute Gasteiger partial charge is 0.502 e. The van der Waals surface area contributed by atoms with E-state index in [-0.39, 0.29) is 6.61 Å². The molecule has 0 radical (unpaired) electrons. The molecule has 0 spiro atoms. The lowest BCUT2D eigenvalue weighted by atomic mass is 10.5. The van der Waals surface area contributed by atoms with Gasteiger partial charge in [-0.05, 0) is 0 Å². The van der Waals surface area contributed by atoms with Crippen molar-refractivity contribution in [1.82, 2.24) is 4.67 Å². The standard InChI is InChI=1S/C9H20NO4P/c1-4-10(5-2)15(11,12)14-9-7-8-13-6-3/h6H,3-5,7-9H2,1-2H3,(H,11,12). The summed E-state index contributed by atoms with van der Waals surface area (Å²) in [5.74, 6) is 0. The monoisotopic (exact) mass is 237 g/mol. The number of rotatable bonds is 9. The summed E-state index contributed by atoms with van der Waals surface area (Å²) < 4.78 is 22.8. The zero-order chi connectivity index (χ0) is 11.7. The average Bonchev–Trinajstić information content (AvgIpc) is 2.18. The molecule has 0 aliphatic heterocycles. The van der Waals surface area contributed by atoms with Gasteiger partial charge in [0.1, 0.15) is 0 Å². The molecule has 15 heavy (non-hydrogen) atoms. The number of nitrogens with zero attached hydrogens (tertiary/aromatic N) is 1. The van der Waals surface area contributed by atoms with Crippen molar-refractivity contribution in [3.05, 3.63) is 12.8 Å². The third kappa shape index (κ3) is 5.95. The van der Waals surface area contributed by atoms with Gasteiger partial charge in [0, 0.05) is 19.5 Å². The summed E-state index contributed by atoms with van der Waals surface area (Å²) in [5, 5.41) is 0. The van der Waals surface area contributed by atoms with Crippen LogP contribution in [0.5, 0.6) is 0 Å². The maximum absolute atomic E-state index is 11.6. The Bertz CT molecular complexity index is 218. The van der Waals surface area contributed by atoms with Gasteiger partial charge < -0.3 is 9.63 Å². The lowest BCUT2D eigenvalue weighted by molar-refractivity contribution is 0.174. The molecular formula is C9H20NO4P. The van der Waals surface area contributed by atoms with Crippen LogP contribution < -0.4 is 0 Å². The zero-order valence-corrected chi connectivity index (χ0v) is 10.3. The zero-order valence-electron chi connectivity index (χ0n) is 9.39. The van der Waals surface area contributed by atoms with Crippen molar-refractivity contribution in [2.45, 2.75) is 20.3 Å². The van der Waals surface area contributed by atoms with Crippen LogP contribution in [0.15, 0.2) is 12.8 Å². The van der Waals surface area contributed by atoms with E-state index in [2.05, 4.69) is 6.58 Å². The highest BCUT2D eigenvalue weighted by Crippen LogP contribution is 2.45. The Morgan fingerprint density at radius 3 is 2.47 bits per heavy atom. The lowest BCUT2D eigenvalue weighted by Crippen LogP contribution is -2.21. The summed E-state index contributed by atoms with van der Waals surface area (Å²) in [6.45, 7) is 8.66. The summed E-state index contributed by atoms with van der Waals surface area (Å²) >= 11 is 0. The van der Waals surface area contributed by atoms with Crippen molar-refractivity contribution in [2.24, 2.45) is 0 Å². The predicted molar refractivity (Wildman–Crippen MR) is 59.5 cm³/mol. The van der Waals surface area contributed by atoms with E-state index in [9.17, 15) is 9.46 Å². The lowest BCUT2D eigenvalue weighted by Gasteiger charge is -2.23. The molecule has 0 aliphatic carbocycles. The Labute approximate surface area is 91.3 Å². The molecule has 0 aromatic rings. The number of hydrogen-bond donors (Lipinski definition) is 1.